The van der Waals surface area contributed by atoms with Gasteiger partial charge in [-0.15, -0.1) is 11.3 Å². The number of hydrogen-bond donors (Lipinski definition) is 2. The number of nitrogens with one attached hydrogen (secondary N) is 1. The second kappa shape index (κ2) is 8.51. The van der Waals surface area contributed by atoms with E-state index in [9.17, 15) is 9.90 Å². The molecule has 1 aromatic carbocycles. The number of thioether (sulfide) groups is 1. The van der Waals surface area contributed by atoms with E-state index >= 15 is 0 Å². The van der Waals surface area contributed by atoms with Crippen LogP contribution in [-0.2, 0) is 11.2 Å². The molecule has 0 saturated carbocycles. The van der Waals surface area contributed by atoms with Crippen LogP contribution in [0.1, 0.15) is 22.7 Å². The number of carbonyl (C=O) groups is 1. The van der Waals surface area contributed by atoms with Gasteiger partial charge in [0.05, 0.1) is 5.39 Å². The fourth-order valence-corrected chi connectivity index (χ4v) is 4.08. The highest BCUT2D eigenvalue weighted by Gasteiger charge is 2.20. The van der Waals surface area contributed by atoms with Crippen molar-refractivity contribution in [2.24, 2.45) is 0 Å². The number of carboxylic acids is 1. The van der Waals surface area contributed by atoms with Crippen molar-refractivity contribution in [3.8, 4) is 0 Å². The van der Waals surface area contributed by atoms with Crippen LogP contribution in [0.25, 0.3) is 10.2 Å². The zero-order chi connectivity index (χ0) is 18.5. The predicted molar refractivity (Wildman–Crippen MR) is 109 cm³/mol. The van der Waals surface area contributed by atoms with Crippen LogP contribution in [0.4, 0.5) is 5.82 Å². The Morgan fingerprint density at radius 1 is 1.31 bits per heavy atom. The van der Waals surface area contributed by atoms with E-state index in [1.54, 1.807) is 23.1 Å². The van der Waals surface area contributed by atoms with Crippen LogP contribution in [-0.4, -0.2) is 39.1 Å². The molecule has 0 aliphatic rings. The summed E-state index contributed by atoms with van der Waals surface area (Å²) in [7, 11) is 0. The van der Waals surface area contributed by atoms with Crippen LogP contribution >= 0.6 is 23.1 Å². The number of aromatic nitrogens is 2. The molecule has 26 heavy (non-hydrogen) atoms. The lowest BCUT2D eigenvalue weighted by Gasteiger charge is -2.16. The number of benzene rings is 1. The molecule has 1 unspecified atom stereocenters. The first kappa shape index (κ1) is 18.7. The number of aliphatic carboxylic acids is 1. The minimum atomic E-state index is -0.859. The predicted octanol–water partition coefficient (Wildman–Crippen LogP) is 4.21. The molecular formula is C19H21N3O2S2. The lowest BCUT2D eigenvalue weighted by molar-refractivity contribution is -0.137. The van der Waals surface area contributed by atoms with Gasteiger partial charge in [-0.25, -0.2) is 14.8 Å². The molecule has 0 amide bonds. The number of hydrogen-bond acceptors (Lipinski definition) is 6. The smallest absolute Gasteiger partial charge is 0.326 e. The Kier molecular flexibility index (Phi) is 6.11. The maximum absolute atomic E-state index is 11.6. The first-order valence-corrected chi connectivity index (χ1v) is 10.6. The molecule has 136 valence electrons. The number of fused-ring (bicyclic) bond motifs is 1. The summed E-state index contributed by atoms with van der Waals surface area (Å²) in [4.78, 5) is 23.0. The molecule has 3 rings (SSSR count). The van der Waals surface area contributed by atoms with Gasteiger partial charge in [0.1, 0.15) is 22.5 Å². The van der Waals surface area contributed by atoms with Crippen LogP contribution in [0.5, 0.6) is 0 Å². The van der Waals surface area contributed by atoms with Gasteiger partial charge in [0.25, 0.3) is 0 Å². The van der Waals surface area contributed by atoms with Gasteiger partial charge < -0.3 is 10.4 Å². The molecule has 0 radical (unpaired) electrons. The van der Waals surface area contributed by atoms with Crippen molar-refractivity contribution in [3.63, 3.8) is 0 Å². The van der Waals surface area contributed by atoms with Gasteiger partial charge in [-0.3, -0.25) is 0 Å². The van der Waals surface area contributed by atoms with Crippen molar-refractivity contribution < 1.29 is 9.90 Å². The van der Waals surface area contributed by atoms with Crippen molar-refractivity contribution in [2.45, 2.75) is 25.8 Å². The van der Waals surface area contributed by atoms with Gasteiger partial charge in [-0.1, -0.05) is 30.3 Å². The van der Waals surface area contributed by atoms with E-state index in [1.807, 2.05) is 49.6 Å². The molecular weight excluding hydrogens is 366 g/mol. The lowest BCUT2D eigenvalue weighted by Crippen LogP contribution is -2.30. The molecule has 1 atom stereocenters. The Labute approximate surface area is 160 Å². The van der Waals surface area contributed by atoms with Gasteiger partial charge >= 0.3 is 5.97 Å². The Morgan fingerprint density at radius 3 is 2.77 bits per heavy atom. The summed E-state index contributed by atoms with van der Waals surface area (Å²) >= 11 is 3.24. The van der Waals surface area contributed by atoms with E-state index in [0.717, 1.165) is 26.4 Å². The maximum Gasteiger partial charge on any atom is 0.326 e. The molecule has 0 spiro atoms. The van der Waals surface area contributed by atoms with Crippen molar-refractivity contribution >= 4 is 45.1 Å². The average molecular weight is 388 g/mol. The largest absolute Gasteiger partial charge is 0.480 e. The number of carboxylic acid groups (broad SMARTS) is 1. The standard InChI is InChI=1S/C19H21N3O2S2/c1-12-10-14-17(20-15(19(23)24)8-9-25-2)21-16(22-18(14)26-12)11-13-6-4-3-5-7-13/h3-7,10,15H,8-9,11H2,1-2H3,(H,23,24)(H,20,21,22). The van der Waals surface area contributed by atoms with Crippen LogP contribution in [0.3, 0.4) is 0 Å². The molecule has 0 bridgehead atoms. The van der Waals surface area contributed by atoms with Crippen molar-refractivity contribution in [1.29, 1.82) is 0 Å². The number of rotatable bonds is 8. The molecule has 0 fully saturated rings. The van der Waals surface area contributed by atoms with Crippen LogP contribution in [0.15, 0.2) is 36.4 Å². The lowest BCUT2D eigenvalue weighted by atomic mass is 10.1. The molecule has 0 saturated heterocycles. The summed E-state index contributed by atoms with van der Waals surface area (Å²) in [6.45, 7) is 2.02. The summed E-state index contributed by atoms with van der Waals surface area (Å²) < 4.78 is 0. The summed E-state index contributed by atoms with van der Waals surface area (Å²) in [6.07, 6.45) is 3.13. The summed E-state index contributed by atoms with van der Waals surface area (Å²) in [6, 6.07) is 11.4. The van der Waals surface area contributed by atoms with Gasteiger partial charge in [-0.2, -0.15) is 11.8 Å². The minimum Gasteiger partial charge on any atom is -0.480 e. The van der Waals surface area contributed by atoms with E-state index in [1.165, 1.54) is 0 Å². The third kappa shape index (κ3) is 4.53. The zero-order valence-corrected chi connectivity index (χ0v) is 16.4. The summed E-state index contributed by atoms with van der Waals surface area (Å²) in [5, 5.41) is 13.6. The van der Waals surface area contributed by atoms with E-state index in [0.29, 0.717) is 24.5 Å². The van der Waals surface area contributed by atoms with E-state index < -0.39 is 12.0 Å². The van der Waals surface area contributed by atoms with Gasteiger partial charge in [0.2, 0.25) is 0 Å². The summed E-state index contributed by atoms with van der Waals surface area (Å²) in [5.41, 5.74) is 1.13. The van der Waals surface area contributed by atoms with E-state index in [4.69, 9.17) is 0 Å². The zero-order valence-electron chi connectivity index (χ0n) is 14.7. The second-order valence-electron chi connectivity index (χ2n) is 6.04. The molecule has 2 heterocycles. The molecule has 2 aromatic heterocycles. The maximum atomic E-state index is 11.6. The quantitative estimate of drug-likeness (QED) is 0.603. The summed E-state index contributed by atoms with van der Waals surface area (Å²) in [5.74, 6) is 1.22. The van der Waals surface area contributed by atoms with Gasteiger partial charge in [0, 0.05) is 11.3 Å². The van der Waals surface area contributed by atoms with Crippen LogP contribution in [0.2, 0.25) is 0 Å². The van der Waals surface area contributed by atoms with Gasteiger partial charge in [-0.05, 0) is 37.0 Å². The van der Waals surface area contributed by atoms with Crippen molar-refractivity contribution in [3.05, 3.63) is 52.7 Å². The average Bonchev–Trinajstić information content (AvgIpc) is 2.99. The number of aryl methyl sites for hydroxylation is 1. The Balaban J connectivity index is 1.95. The van der Waals surface area contributed by atoms with Crippen molar-refractivity contribution in [1.82, 2.24) is 9.97 Å². The fraction of sp³-hybridized carbons (Fsp3) is 0.316. The normalized spacial score (nSPS) is 12.2. The molecule has 0 aliphatic carbocycles. The Morgan fingerprint density at radius 2 is 2.08 bits per heavy atom. The van der Waals surface area contributed by atoms with Crippen LogP contribution < -0.4 is 5.32 Å². The second-order valence-corrected chi connectivity index (χ2v) is 8.26. The molecule has 0 aliphatic heterocycles. The third-order valence-corrected chi connectivity index (χ3v) is 5.58. The molecule has 3 aromatic rings. The molecule has 7 heteroatoms. The highest BCUT2D eigenvalue weighted by atomic mass is 32.2. The van der Waals surface area contributed by atoms with Gasteiger partial charge in [0.15, 0.2) is 0 Å². The van der Waals surface area contributed by atoms with Crippen molar-refractivity contribution in [2.75, 3.05) is 17.3 Å². The Bertz CT molecular complexity index is 896. The highest BCUT2D eigenvalue weighted by molar-refractivity contribution is 7.98. The third-order valence-electron chi connectivity index (χ3n) is 3.99. The van der Waals surface area contributed by atoms with E-state index in [2.05, 4.69) is 15.3 Å². The SMILES string of the molecule is CSCCC(Nc1nc(Cc2ccccc2)nc2sc(C)cc12)C(=O)O. The first-order valence-electron chi connectivity index (χ1n) is 8.36. The number of thiophene rings is 1. The van der Waals surface area contributed by atoms with E-state index in [-0.39, 0.29) is 0 Å². The fourth-order valence-electron chi connectivity index (χ4n) is 2.71. The van der Waals surface area contributed by atoms with Crippen LogP contribution in [0, 0.1) is 6.92 Å². The highest BCUT2D eigenvalue weighted by Crippen LogP contribution is 2.29. The topological polar surface area (TPSA) is 75.1 Å². The number of anilines is 1. The Hall–Kier alpha value is -2.12. The molecule has 2 N–H and O–H groups in total. The number of nitrogens with zero attached hydrogens (tertiary/aromatic N) is 2. The first-order chi connectivity index (χ1) is 12.6. The monoisotopic (exact) mass is 387 g/mol. The molecule has 5 nitrogen and oxygen atoms in total. The minimum absolute atomic E-state index is 0.541.